The number of hydrogen-bond donors (Lipinski definition) is 2. The molecule has 0 bridgehead atoms. The topological polar surface area (TPSA) is 92.8 Å². The van der Waals surface area contributed by atoms with Gasteiger partial charge in [-0.3, -0.25) is 5.21 Å². The van der Waals surface area contributed by atoms with E-state index in [4.69, 9.17) is 14.6 Å². The summed E-state index contributed by atoms with van der Waals surface area (Å²) in [5.41, 5.74) is 6.62. The van der Waals surface area contributed by atoms with Crippen LogP contribution in [-0.2, 0) is 5.54 Å². The van der Waals surface area contributed by atoms with Crippen LogP contribution in [0, 0.1) is 0 Å². The van der Waals surface area contributed by atoms with Crippen molar-refractivity contribution in [2.75, 3.05) is 0 Å². The summed E-state index contributed by atoms with van der Waals surface area (Å²) in [5.74, 6) is 0. The van der Waals surface area contributed by atoms with Crippen molar-refractivity contribution in [3.8, 4) is 0 Å². The second-order valence-electron chi connectivity index (χ2n) is 6.01. The average molecular weight is 336 g/mol. The third kappa shape index (κ3) is 2.11. The highest BCUT2D eigenvalue weighted by molar-refractivity contribution is 5.88. The van der Waals surface area contributed by atoms with Crippen molar-refractivity contribution in [3.63, 3.8) is 0 Å². The first kappa shape index (κ1) is 15.3. The minimum Gasteiger partial charge on any atom is -0.464 e. The van der Waals surface area contributed by atoms with Gasteiger partial charge in [-0.1, -0.05) is 36.4 Å². The first-order valence-electron chi connectivity index (χ1n) is 7.75. The molecule has 3 N–H and O–H groups in total. The van der Waals surface area contributed by atoms with Gasteiger partial charge < -0.3 is 14.6 Å². The van der Waals surface area contributed by atoms with Crippen LogP contribution in [0.1, 0.15) is 18.1 Å². The van der Waals surface area contributed by atoms with E-state index in [0.29, 0.717) is 27.4 Å². The number of rotatable bonds is 3. The minimum absolute atomic E-state index is 0.515. The zero-order valence-corrected chi connectivity index (χ0v) is 13.5. The van der Waals surface area contributed by atoms with Gasteiger partial charge in [0.15, 0.2) is 0 Å². The number of urea groups is 1. The Hall–Kier alpha value is -3.25. The van der Waals surface area contributed by atoms with Crippen LogP contribution in [0.5, 0.6) is 0 Å². The molecule has 2 heterocycles. The smallest absolute Gasteiger partial charge is 0.339 e. The predicted molar refractivity (Wildman–Crippen MR) is 92.1 cm³/mol. The Morgan fingerprint density at radius 1 is 0.960 bits per heavy atom. The molecule has 0 spiro atoms. The van der Waals surface area contributed by atoms with Gasteiger partial charge in [0.05, 0.1) is 12.5 Å². The Labute approximate surface area is 143 Å². The van der Waals surface area contributed by atoms with Crippen LogP contribution in [0.15, 0.2) is 69.9 Å². The number of nitrogens with two attached hydrogens (primary N) is 1. The molecule has 0 aliphatic carbocycles. The lowest BCUT2D eigenvalue weighted by Gasteiger charge is -2.34. The molecule has 126 valence electrons. The van der Waals surface area contributed by atoms with Gasteiger partial charge in [0.25, 0.3) is 0 Å². The van der Waals surface area contributed by atoms with Crippen molar-refractivity contribution < 1.29 is 18.8 Å². The third-order valence-corrected chi connectivity index (χ3v) is 4.64. The van der Waals surface area contributed by atoms with Crippen molar-refractivity contribution in [2.24, 2.45) is 5.73 Å². The Morgan fingerprint density at radius 2 is 1.40 bits per heavy atom. The summed E-state index contributed by atoms with van der Waals surface area (Å²) >= 11 is 0. The van der Waals surface area contributed by atoms with Crippen molar-refractivity contribution in [3.05, 3.63) is 72.2 Å². The Kier molecular flexibility index (Phi) is 3.30. The molecule has 0 fully saturated rings. The maximum Gasteiger partial charge on any atom is 0.339 e. The first-order chi connectivity index (χ1) is 12.0. The van der Waals surface area contributed by atoms with E-state index in [1.54, 1.807) is 6.92 Å². The summed E-state index contributed by atoms with van der Waals surface area (Å²) < 4.78 is 11.2. The largest absolute Gasteiger partial charge is 0.464 e. The molecule has 0 aliphatic heterocycles. The van der Waals surface area contributed by atoms with Crippen LogP contribution in [0.4, 0.5) is 4.79 Å². The number of carbonyl (C=O) groups is 1. The number of hydrogen-bond acceptors (Lipinski definition) is 4. The summed E-state index contributed by atoms with van der Waals surface area (Å²) in [6.45, 7) is 1.70. The maximum absolute atomic E-state index is 11.8. The molecule has 0 unspecified atom stereocenters. The van der Waals surface area contributed by atoms with Crippen LogP contribution in [0.3, 0.4) is 0 Å². The number of nitrogens with zero attached hydrogens (tertiary/aromatic N) is 1. The SMILES string of the molecule is CC(c1coc2ccccc12)(c1coc2ccccc12)N(O)C(N)=O. The van der Waals surface area contributed by atoms with Crippen molar-refractivity contribution >= 4 is 28.0 Å². The molecule has 2 amide bonds. The molecule has 25 heavy (non-hydrogen) atoms. The average Bonchev–Trinajstić information content (AvgIpc) is 3.25. The van der Waals surface area contributed by atoms with E-state index in [1.807, 2.05) is 48.5 Å². The Morgan fingerprint density at radius 3 is 1.84 bits per heavy atom. The molecule has 0 saturated carbocycles. The fraction of sp³-hybridized carbons (Fsp3) is 0.105. The number of para-hydroxylation sites is 2. The van der Waals surface area contributed by atoms with Crippen LogP contribution in [-0.4, -0.2) is 16.3 Å². The molecule has 2 aromatic carbocycles. The number of amides is 2. The first-order valence-corrected chi connectivity index (χ1v) is 7.75. The summed E-state index contributed by atoms with van der Waals surface area (Å²) in [7, 11) is 0. The summed E-state index contributed by atoms with van der Waals surface area (Å²) in [4.78, 5) is 11.8. The number of primary amides is 1. The number of fused-ring (bicyclic) bond motifs is 2. The minimum atomic E-state index is -1.29. The lowest BCUT2D eigenvalue weighted by Crippen LogP contribution is -2.48. The van der Waals surface area contributed by atoms with E-state index >= 15 is 0 Å². The van der Waals surface area contributed by atoms with E-state index < -0.39 is 11.6 Å². The Bertz CT molecular complexity index is 1010. The second-order valence-corrected chi connectivity index (χ2v) is 6.01. The summed E-state index contributed by atoms with van der Waals surface area (Å²) in [6, 6.07) is 13.8. The van der Waals surface area contributed by atoms with Crippen molar-refractivity contribution in [1.82, 2.24) is 5.06 Å². The number of carbonyl (C=O) groups excluding carboxylic acids is 1. The molecule has 4 aromatic rings. The predicted octanol–water partition coefficient (Wildman–Crippen LogP) is 4.21. The van der Waals surface area contributed by atoms with Crippen LogP contribution < -0.4 is 5.73 Å². The van der Waals surface area contributed by atoms with Crippen LogP contribution in [0.25, 0.3) is 21.9 Å². The fourth-order valence-corrected chi connectivity index (χ4v) is 3.30. The molecule has 2 aromatic heterocycles. The molecule has 6 nitrogen and oxygen atoms in total. The van der Waals surface area contributed by atoms with E-state index in [2.05, 4.69) is 0 Å². The van der Waals surface area contributed by atoms with E-state index in [1.165, 1.54) is 12.5 Å². The van der Waals surface area contributed by atoms with Gasteiger partial charge in [-0.2, -0.15) is 5.06 Å². The van der Waals surface area contributed by atoms with Gasteiger partial charge in [-0.05, 0) is 19.1 Å². The normalized spacial score (nSPS) is 11.9. The summed E-state index contributed by atoms with van der Waals surface area (Å²) in [6.07, 6.45) is 3.05. The van der Waals surface area contributed by atoms with E-state index in [0.717, 1.165) is 10.8 Å². The van der Waals surface area contributed by atoms with Crippen LogP contribution in [0.2, 0.25) is 0 Å². The van der Waals surface area contributed by atoms with Crippen molar-refractivity contribution in [2.45, 2.75) is 12.5 Å². The van der Waals surface area contributed by atoms with Crippen molar-refractivity contribution in [1.29, 1.82) is 0 Å². The van der Waals surface area contributed by atoms with Gasteiger partial charge in [0, 0.05) is 21.9 Å². The second kappa shape index (κ2) is 5.39. The quantitative estimate of drug-likeness (QED) is 0.433. The molecule has 0 atom stereocenters. The number of furan rings is 2. The Balaban J connectivity index is 2.05. The fourth-order valence-electron chi connectivity index (χ4n) is 3.30. The van der Waals surface area contributed by atoms with Gasteiger partial charge in [0.1, 0.15) is 16.7 Å². The molecular formula is C19H16N2O4. The monoisotopic (exact) mass is 336 g/mol. The highest BCUT2D eigenvalue weighted by atomic mass is 16.5. The van der Waals surface area contributed by atoms with Gasteiger partial charge >= 0.3 is 6.03 Å². The molecule has 6 heteroatoms. The standard InChI is InChI=1S/C19H16N2O4/c1-19(21(23)18(20)22,14-10-24-16-8-4-2-6-12(14)16)15-11-25-17-9-5-3-7-13(15)17/h2-11,23H,1H3,(H2,20,22). The lowest BCUT2D eigenvalue weighted by molar-refractivity contribution is -0.105. The number of benzene rings is 2. The van der Waals surface area contributed by atoms with Gasteiger partial charge in [-0.15, -0.1) is 0 Å². The van der Waals surface area contributed by atoms with Crippen LogP contribution >= 0.6 is 0 Å². The maximum atomic E-state index is 11.8. The highest BCUT2D eigenvalue weighted by Crippen LogP contribution is 2.42. The van der Waals surface area contributed by atoms with E-state index in [-0.39, 0.29) is 0 Å². The van der Waals surface area contributed by atoms with Gasteiger partial charge in [-0.25, -0.2) is 4.79 Å². The van der Waals surface area contributed by atoms with Gasteiger partial charge in [0.2, 0.25) is 0 Å². The van der Waals surface area contributed by atoms with E-state index in [9.17, 15) is 10.0 Å². The molecule has 4 rings (SSSR count). The zero-order valence-electron chi connectivity index (χ0n) is 13.5. The molecular weight excluding hydrogens is 320 g/mol. The highest BCUT2D eigenvalue weighted by Gasteiger charge is 2.42. The molecule has 0 saturated heterocycles. The zero-order chi connectivity index (χ0) is 17.6. The summed E-state index contributed by atoms with van der Waals surface area (Å²) in [5, 5.41) is 12.6. The third-order valence-electron chi connectivity index (χ3n) is 4.64. The molecule has 0 radical (unpaired) electrons. The molecule has 0 aliphatic rings. The lowest BCUT2D eigenvalue weighted by atomic mass is 9.84. The number of hydroxylamine groups is 2.